The number of hydrogen-bond donors (Lipinski definition) is 1. The summed E-state index contributed by atoms with van der Waals surface area (Å²) in [5.74, 6) is 0. The highest BCUT2D eigenvalue weighted by Crippen LogP contribution is 2.44. The van der Waals surface area contributed by atoms with Gasteiger partial charge in [-0.15, -0.1) is 0 Å². The zero-order valence-corrected chi connectivity index (χ0v) is 14.2. The van der Waals surface area contributed by atoms with Crippen LogP contribution in [-0.2, 0) is 4.74 Å². The highest BCUT2D eigenvalue weighted by molar-refractivity contribution is 6.33. The predicted molar refractivity (Wildman–Crippen MR) is 84.4 cm³/mol. The molecule has 0 aliphatic carbocycles. The fraction of sp³-hybridized carbons (Fsp3) is 0.500. The summed E-state index contributed by atoms with van der Waals surface area (Å²) >= 11 is 6.17. The largest absolute Gasteiger partial charge is 0.419 e. The van der Waals surface area contributed by atoms with E-state index < -0.39 is 36.9 Å². The first kappa shape index (κ1) is 18.0. The molecule has 1 fully saturated rings. The molecule has 2 heterocycles. The van der Waals surface area contributed by atoms with Gasteiger partial charge in [-0.3, -0.25) is 5.01 Å². The summed E-state index contributed by atoms with van der Waals surface area (Å²) in [4.78, 5) is 0. The van der Waals surface area contributed by atoms with Gasteiger partial charge in [0, 0.05) is 19.1 Å². The van der Waals surface area contributed by atoms with Crippen LogP contribution in [0.4, 0.5) is 13.2 Å². The van der Waals surface area contributed by atoms with E-state index in [4.69, 9.17) is 21.6 Å². The molecule has 0 spiro atoms. The molecule has 1 saturated heterocycles. The van der Waals surface area contributed by atoms with Crippen LogP contribution in [0, 0.1) is 18.3 Å². The molecule has 1 N–H and O–H groups in total. The molecule has 25 heavy (non-hydrogen) atoms. The molecular weight excluding hydrogens is 359 g/mol. The maximum atomic E-state index is 13.1. The fourth-order valence-corrected chi connectivity index (χ4v) is 3.59. The van der Waals surface area contributed by atoms with Crippen molar-refractivity contribution < 1.29 is 23.0 Å². The van der Waals surface area contributed by atoms with Crippen molar-refractivity contribution >= 4 is 17.3 Å². The number of hydrazone groups is 1. The van der Waals surface area contributed by atoms with Crippen molar-refractivity contribution in [1.82, 2.24) is 5.01 Å². The number of aliphatic hydroxyl groups is 1. The number of nitrogens with zero attached hydrogens (tertiary/aromatic N) is 3. The summed E-state index contributed by atoms with van der Waals surface area (Å²) < 4.78 is 44.7. The van der Waals surface area contributed by atoms with Crippen molar-refractivity contribution in [2.75, 3.05) is 13.7 Å². The van der Waals surface area contributed by atoms with E-state index in [1.165, 1.54) is 18.2 Å². The summed E-state index contributed by atoms with van der Waals surface area (Å²) in [7, 11) is 1.38. The van der Waals surface area contributed by atoms with Gasteiger partial charge in [0.2, 0.25) is 0 Å². The van der Waals surface area contributed by atoms with Crippen molar-refractivity contribution in [3.8, 4) is 6.07 Å². The molecule has 2 aliphatic rings. The molecule has 0 saturated carbocycles. The number of nitriles is 1. The average molecular weight is 374 g/mol. The minimum Gasteiger partial charge on any atom is -0.379 e. The Morgan fingerprint density at radius 3 is 2.72 bits per heavy atom. The third-order valence-corrected chi connectivity index (χ3v) is 5.26. The summed E-state index contributed by atoms with van der Waals surface area (Å²) in [5.41, 5.74) is -0.835. The Labute approximate surface area is 147 Å². The zero-order valence-electron chi connectivity index (χ0n) is 13.4. The first-order valence-corrected chi connectivity index (χ1v) is 7.87. The normalized spacial score (nSPS) is 28.7. The molecule has 1 aromatic carbocycles. The number of hydrogen-bond acceptors (Lipinski definition) is 5. The first-order valence-electron chi connectivity index (χ1n) is 7.49. The first-order chi connectivity index (χ1) is 11.6. The zero-order chi connectivity index (χ0) is 18.6. The van der Waals surface area contributed by atoms with Crippen LogP contribution in [0.3, 0.4) is 0 Å². The highest BCUT2D eigenvalue weighted by Gasteiger charge is 2.63. The van der Waals surface area contributed by atoms with Crippen molar-refractivity contribution in [2.24, 2.45) is 5.10 Å². The van der Waals surface area contributed by atoms with E-state index in [1.807, 2.05) is 6.07 Å². The topological polar surface area (TPSA) is 68.8 Å². The number of ether oxygens (including phenoxy) is 1. The van der Waals surface area contributed by atoms with E-state index in [-0.39, 0.29) is 5.02 Å². The van der Waals surface area contributed by atoms with Gasteiger partial charge in [0.25, 0.3) is 0 Å². The van der Waals surface area contributed by atoms with Crippen molar-refractivity contribution in [1.29, 1.82) is 5.26 Å². The molecule has 3 unspecified atom stereocenters. The minimum atomic E-state index is -4.74. The van der Waals surface area contributed by atoms with E-state index >= 15 is 0 Å². The Bertz CT molecular complexity index is 790. The van der Waals surface area contributed by atoms with Crippen LogP contribution in [-0.4, -0.2) is 53.4 Å². The monoisotopic (exact) mass is 373 g/mol. The van der Waals surface area contributed by atoms with Gasteiger partial charge in [-0.25, -0.2) is 0 Å². The minimum absolute atomic E-state index is 0.274. The SMILES string of the molecule is COC1C(c2ccc(C#N)c(Cl)c2C)=NN2CC(O)(C(F)(F)F)CC12. The van der Waals surface area contributed by atoms with Crippen LogP contribution in [0.2, 0.25) is 5.02 Å². The van der Waals surface area contributed by atoms with Crippen LogP contribution in [0.15, 0.2) is 17.2 Å². The second-order valence-corrected chi connectivity index (χ2v) is 6.63. The molecule has 9 heteroatoms. The second-order valence-electron chi connectivity index (χ2n) is 6.25. The van der Waals surface area contributed by atoms with Gasteiger partial charge in [-0.2, -0.15) is 23.5 Å². The van der Waals surface area contributed by atoms with Gasteiger partial charge in [0.15, 0.2) is 5.60 Å². The molecular formula is C16H15ClF3N3O2. The molecule has 0 bridgehead atoms. The maximum absolute atomic E-state index is 13.1. The van der Waals surface area contributed by atoms with E-state index in [0.29, 0.717) is 22.4 Å². The summed E-state index contributed by atoms with van der Waals surface area (Å²) in [6, 6.07) is 4.45. The third kappa shape index (κ3) is 2.67. The molecule has 2 aliphatic heterocycles. The number of alkyl halides is 3. The van der Waals surface area contributed by atoms with Gasteiger partial charge < -0.3 is 9.84 Å². The smallest absolute Gasteiger partial charge is 0.379 e. The van der Waals surface area contributed by atoms with Gasteiger partial charge in [0.05, 0.1) is 28.9 Å². The quantitative estimate of drug-likeness (QED) is 0.865. The average Bonchev–Trinajstić information content (AvgIpc) is 3.03. The fourth-order valence-electron chi connectivity index (χ4n) is 3.38. The molecule has 134 valence electrons. The van der Waals surface area contributed by atoms with Crippen LogP contribution < -0.4 is 0 Å². The lowest BCUT2D eigenvalue weighted by Crippen LogP contribution is -2.47. The molecule has 3 rings (SSSR count). The summed E-state index contributed by atoms with van der Waals surface area (Å²) in [5, 5.41) is 24.7. The van der Waals surface area contributed by atoms with Crippen LogP contribution in [0.25, 0.3) is 0 Å². The standard InChI is InChI=1S/C16H15ClF3N3O2/c1-8-10(4-3-9(6-21)12(8)17)13-14(25-2)11-5-15(24,16(18,19)20)7-23(11)22-13/h3-4,11,14,24H,5,7H2,1-2H3. The van der Waals surface area contributed by atoms with E-state index in [0.717, 1.165) is 0 Å². The maximum Gasteiger partial charge on any atom is 0.419 e. The highest BCUT2D eigenvalue weighted by atomic mass is 35.5. The molecule has 3 atom stereocenters. The second kappa shape index (κ2) is 5.87. The lowest BCUT2D eigenvalue weighted by Gasteiger charge is -2.26. The Morgan fingerprint density at radius 1 is 1.48 bits per heavy atom. The lowest BCUT2D eigenvalue weighted by atomic mass is 9.91. The summed E-state index contributed by atoms with van der Waals surface area (Å²) in [6.07, 6.45) is -6.00. The Hall–Kier alpha value is -1.82. The van der Waals surface area contributed by atoms with E-state index in [1.54, 1.807) is 13.0 Å². The van der Waals surface area contributed by atoms with E-state index in [9.17, 15) is 18.3 Å². The molecule has 5 nitrogen and oxygen atoms in total. The lowest BCUT2D eigenvalue weighted by molar-refractivity contribution is -0.254. The Kier molecular flexibility index (Phi) is 4.22. The van der Waals surface area contributed by atoms with Gasteiger partial charge in [-0.1, -0.05) is 17.7 Å². The number of fused-ring (bicyclic) bond motifs is 1. The van der Waals surface area contributed by atoms with Crippen LogP contribution in [0.5, 0.6) is 0 Å². The van der Waals surface area contributed by atoms with Crippen molar-refractivity contribution in [2.45, 2.75) is 37.3 Å². The van der Waals surface area contributed by atoms with Gasteiger partial charge >= 0.3 is 6.18 Å². The molecule has 0 aromatic heterocycles. The number of methoxy groups -OCH3 is 1. The molecule has 0 amide bonds. The number of rotatable bonds is 2. The third-order valence-electron chi connectivity index (χ3n) is 4.77. The Morgan fingerprint density at radius 2 is 2.16 bits per heavy atom. The Balaban J connectivity index is 2.00. The molecule has 0 radical (unpaired) electrons. The molecule has 1 aromatic rings. The van der Waals surface area contributed by atoms with Gasteiger partial charge in [-0.05, 0) is 18.6 Å². The van der Waals surface area contributed by atoms with Crippen molar-refractivity contribution in [3.05, 3.63) is 33.8 Å². The van der Waals surface area contributed by atoms with Crippen LogP contribution in [0.1, 0.15) is 23.1 Å². The number of benzene rings is 1. The predicted octanol–water partition coefficient (Wildman–Crippen LogP) is 2.62. The summed E-state index contributed by atoms with van der Waals surface area (Å²) in [6.45, 7) is 1.07. The van der Waals surface area contributed by atoms with Gasteiger partial charge in [0.1, 0.15) is 12.2 Å². The van der Waals surface area contributed by atoms with Crippen LogP contribution >= 0.6 is 11.6 Å². The number of halogens is 4. The van der Waals surface area contributed by atoms with Crippen molar-refractivity contribution in [3.63, 3.8) is 0 Å². The van der Waals surface area contributed by atoms with E-state index in [2.05, 4.69) is 5.10 Å².